The van der Waals surface area contributed by atoms with Crippen LogP contribution in [0.1, 0.15) is 28.3 Å². The van der Waals surface area contributed by atoms with Crippen molar-refractivity contribution in [1.29, 1.82) is 0 Å². The molecule has 1 unspecified atom stereocenters. The van der Waals surface area contributed by atoms with Gasteiger partial charge in [0.2, 0.25) is 0 Å². The van der Waals surface area contributed by atoms with Crippen molar-refractivity contribution in [2.75, 3.05) is 32.3 Å². The average Bonchev–Trinajstić information content (AvgIpc) is 3.49. The maximum absolute atomic E-state index is 12.4. The molecular formula is C31H29NO4. The Morgan fingerprint density at radius 3 is 2.28 bits per heavy atom. The highest BCUT2D eigenvalue weighted by Gasteiger charge is 2.20. The largest absolute Gasteiger partial charge is 0.497 e. The summed E-state index contributed by atoms with van der Waals surface area (Å²) >= 11 is 0. The van der Waals surface area contributed by atoms with Gasteiger partial charge in [-0.05, 0) is 77.7 Å². The first-order valence-electron chi connectivity index (χ1n) is 12.1. The van der Waals surface area contributed by atoms with Gasteiger partial charge in [-0.2, -0.15) is 0 Å². The van der Waals surface area contributed by atoms with Crippen molar-refractivity contribution >= 4 is 23.0 Å². The van der Waals surface area contributed by atoms with Crippen molar-refractivity contribution in [2.24, 2.45) is 0 Å². The monoisotopic (exact) mass is 479 g/mol. The number of para-hydroxylation sites is 1. The standard InChI is InChI=1S/C31H29NO4/c1-34-28-15-16-29(31(33)35-2)30(20-28)22-11-13-26(14-12-22)32(25-8-4-3-5-9-25)27-10-6-7-23(19-27)24-17-18-36-21-24/h3-16,19-20,24H,17-18,21H2,1-2H3. The lowest BCUT2D eigenvalue weighted by Crippen LogP contribution is -2.11. The summed E-state index contributed by atoms with van der Waals surface area (Å²) in [6, 6.07) is 32.6. The number of carbonyl (C=O) groups excluding carboxylic acids is 1. The minimum Gasteiger partial charge on any atom is -0.497 e. The molecule has 0 amide bonds. The van der Waals surface area contributed by atoms with Crippen molar-refractivity contribution in [3.05, 3.63) is 108 Å². The SMILES string of the molecule is COC(=O)c1ccc(OC)cc1-c1ccc(N(c2ccccc2)c2cccc(C3CCOC3)c2)cc1. The van der Waals surface area contributed by atoms with Gasteiger partial charge >= 0.3 is 5.97 Å². The van der Waals surface area contributed by atoms with E-state index in [-0.39, 0.29) is 5.97 Å². The van der Waals surface area contributed by atoms with E-state index in [2.05, 4.69) is 53.4 Å². The fourth-order valence-electron chi connectivity index (χ4n) is 4.71. The Labute approximate surface area is 211 Å². The van der Waals surface area contributed by atoms with Crippen LogP contribution < -0.4 is 9.64 Å². The normalized spacial score (nSPS) is 14.9. The number of hydrogen-bond acceptors (Lipinski definition) is 5. The van der Waals surface area contributed by atoms with E-state index in [1.807, 2.05) is 36.4 Å². The number of anilines is 3. The first kappa shape index (κ1) is 23.6. The number of hydrogen-bond donors (Lipinski definition) is 0. The Balaban J connectivity index is 1.55. The molecule has 0 bridgehead atoms. The number of esters is 1. The Morgan fingerprint density at radius 1 is 0.833 bits per heavy atom. The second-order valence-electron chi connectivity index (χ2n) is 8.78. The summed E-state index contributed by atoms with van der Waals surface area (Å²) in [6.45, 7) is 1.59. The van der Waals surface area contributed by atoms with Gasteiger partial charge < -0.3 is 19.1 Å². The van der Waals surface area contributed by atoms with Gasteiger partial charge in [0.1, 0.15) is 5.75 Å². The van der Waals surface area contributed by atoms with Gasteiger partial charge in [-0.3, -0.25) is 0 Å². The molecular weight excluding hydrogens is 450 g/mol. The van der Waals surface area contributed by atoms with Crippen LogP contribution in [0, 0.1) is 0 Å². The molecule has 0 spiro atoms. The molecule has 1 aliphatic rings. The third-order valence-corrected chi connectivity index (χ3v) is 6.61. The number of carbonyl (C=O) groups is 1. The van der Waals surface area contributed by atoms with Crippen LogP contribution in [0.15, 0.2) is 97.1 Å². The molecule has 1 aliphatic heterocycles. The third kappa shape index (κ3) is 4.83. The second-order valence-corrected chi connectivity index (χ2v) is 8.78. The zero-order chi connectivity index (χ0) is 24.9. The van der Waals surface area contributed by atoms with Crippen LogP contribution in [0.25, 0.3) is 11.1 Å². The van der Waals surface area contributed by atoms with E-state index < -0.39 is 0 Å². The molecule has 0 radical (unpaired) electrons. The van der Waals surface area contributed by atoms with Gasteiger partial charge in [0.15, 0.2) is 0 Å². The summed E-state index contributed by atoms with van der Waals surface area (Å²) in [4.78, 5) is 14.7. The fourth-order valence-corrected chi connectivity index (χ4v) is 4.71. The Bertz CT molecular complexity index is 1330. The molecule has 182 valence electrons. The van der Waals surface area contributed by atoms with Crippen molar-refractivity contribution in [1.82, 2.24) is 0 Å². The van der Waals surface area contributed by atoms with Gasteiger partial charge in [-0.15, -0.1) is 0 Å². The predicted molar refractivity (Wildman–Crippen MR) is 143 cm³/mol. The zero-order valence-corrected chi connectivity index (χ0v) is 20.5. The molecule has 5 rings (SSSR count). The number of ether oxygens (including phenoxy) is 3. The van der Waals surface area contributed by atoms with Crippen molar-refractivity contribution < 1.29 is 19.0 Å². The van der Waals surface area contributed by atoms with Crippen LogP contribution >= 0.6 is 0 Å². The number of methoxy groups -OCH3 is 2. The molecule has 1 saturated heterocycles. The second kappa shape index (κ2) is 10.7. The summed E-state index contributed by atoms with van der Waals surface area (Å²) in [5, 5.41) is 0. The smallest absolute Gasteiger partial charge is 0.338 e. The van der Waals surface area contributed by atoms with E-state index in [0.717, 1.165) is 47.8 Å². The van der Waals surface area contributed by atoms with Gasteiger partial charge in [0.05, 0.1) is 26.4 Å². The zero-order valence-electron chi connectivity index (χ0n) is 20.5. The van der Waals surface area contributed by atoms with Gasteiger partial charge in [0.25, 0.3) is 0 Å². The lowest BCUT2D eigenvalue weighted by molar-refractivity contribution is 0.0601. The highest BCUT2D eigenvalue weighted by atomic mass is 16.5. The van der Waals surface area contributed by atoms with Crippen molar-refractivity contribution in [3.63, 3.8) is 0 Å². The van der Waals surface area contributed by atoms with E-state index in [9.17, 15) is 4.79 Å². The average molecular weight is 480 g/mol. The quantitative estimate of drug-likeness (QED) is 0.264. The molecule has 1 fully saturated rings. The van der Waals surface area contributed by atoms with Crippen LogP contribution in [-0.2, 0) is 9.47 Å². The summed E-state index contributed by atoms with van der Waals surface area (Å²) in [5.41, 5.74) is 6.65. The van der Waals surface area contributed by atoms with Crippen LogP contribution in [0.3, 0.4) is 0 Å². The first-order chi connectivity index (χ1) is 17.7. The molecule has 4 aromatic carbocycles. The molecule has 1 atom stereocenters. The molecule has 5 nitrogen and oxygen atoms in total. The van der Waals surface area contributed by atoms with E-state index >= 15 is 0 Å². The first-order valence-corrected chi connectivity index (χ1v) is 12.1. The van der Waals surface area contributed by atoms with Gasteiger partial charge in [-0.25, -0.2) is 4.79 Å². The van der Waals surface area contributed by atoms with E-state index in [0.29, 0.717) is 17.2 Å². The van der Waals surface area contributed by atoms with E-state index in [4.69, 9.17) is 14.2 Å². The lowest BCUT2D eigenvalue weighted by Gasteiger charge is -2.26. The molecule has 0 aliphatic carbocycles. The molecule has 1 heterocycles. The Morgan fingerprint density at radius 2 is 1.58 bits per heavy atom. The summed E-state index contributed by atoms with van der Waals surface area (Å²) in [6.07, 6.45) is 1.05. The van der Waals surface area contributed by atoms with E-state index in [1.54, 1.807) is 19.2 Å². The predicted octanol–water partition coefficient (Wildman–Crippen LogP) is 7.12. The molecule has 5 heteroatoms. The number of benzene rings is 4. The third-order valence-electron chi connectivity index (χ3n) is 6.61. The maximum Gasteiger partial charge on any atom is 0.338 e. The minimum absolute atomic E-state index is 0.379. The summed E-state index contributed by atoms with van der Waals surface area (Å²) in [7, 11) is 3.01. The summed E-state index contributed by atoms with van der Waals surface area (Å²) in [5.74, 6) is 0.727. The molecule has 0 saturated carbocycles. The van der Waals surface area contributed by atoms with Crippen molar-refractivity contribution in [3.8, 4) is 16.9 Å². The van der Waals surface area contributed by atoms with Crippen LogP contribution in [0.2, 0.25) is 0 Å². The fraction of sp³-hybridized carbons (Fsp3) is 0.194. The van der Waals surface area contributed by atoms with E-state index in [1.165, 1.54) is 12.7 Å². The molecule has 0 N–H and O–H groups in total. The van der Waals surface area contributed by atoms with Gasteiger partial charge in [-0.1, -0.05) is 42.5 Å². The highest BCUT2D eigenvalue weighted by molar-refractivity contribution is 5.97. The molecule has 0 aromatic heterocycles. The minimum atomic E-state index is -0.379. The van der Waals surface area contributed by atoms with Crippen LogP contribution in [-0.4, -0.2) is 33.4 Å². The van der Waals surface area contributed by atoms with Crippen molar-refractivity contribution in [2.45, 2.75) is 12.3 Å². The lowest BCUT2D eigenvalue weighted by atomic mass is 9.97. The van der Waals surface area contributed by atoms with Gasteiger partial charge in [0, 0.05) is 29.6 Å². The molecule has 4 aromatic rings. The Kier molecular flexibility index (Phi) is 7.01. The number of rotatable bonds is 7. The van der Waals surface area contributed by atoms with Crippen LogP contribution in [0.5, 0.6) is 5.75 Å². The van der Waals surface area contributed by atoms with Crippen LogP contribution in [0.4, 0.5) is 17.1 Å². The topological polar surface area (TPSA) is 48.0 Å². The maximum atomic E-state index is 12.4. The highest BCUT2D eigenvalue weighted by Crippen LogP contribution is 2.38. The summed E-state index contributed by atoms with van der Waals surface area (Å²) < 4.78 is 16.0. The molecule has 36 heavy (non-hydrogen) atoms. The Hall–Kier alpha value is -4.09. The number of nitrogens with zero attached hydrogens (tertiary/aromatic N) is 1.